The SMILES string of the molecule is CC(=O)c1ccc2c(Cl)nc(Cl)cc2c1. The van der Waals surface area contributed by atoms with E-state index in [0.29, 0.717) is 15.9 Å². The summed E-state index contributed by atoms with van der Waals surface area (Å²) in [5.41, 5.74) is 0.640. The van der Waals surface area contributed by atoms with E-state index in [-0.39, 0.29) is 5.78 Å². The average molecular weight is 240 g/mol. The van der Waals surface area contributed by atoms with Gasteiger partial charge in [0.25, 0.3) is 0 Å². The molecule has 2 aromatic rings. The zero-order valence-corrected chi connectivity index (χ0v) is 9.43. The van der Waals surface area contributed by atoms with Gasteiger partial charge >= 0.3 is 0 Å². The maximum absolute atomic E-state index is 11.2. The summed E-state index contributed by atoms with van der Waals surface area (Å²) < 4.78 is 0. The van der Waals surface area contributed by atoms with Crippen molar-refractivity contribution in [2.24, 2.45) is 0 Å². The van der Waals surface area contributed by atoms with Crippen LogP contribution in [0.5, 0.6) is 0 Å². The largest absolute Gasteiger partial charge is 0.295 e. The number of Topliss-reactive ketones (excluding diaryl/α,β-unsaturated/α-hetero) is 1. The molecule has 1 heterocycles. The summed E-state index contributed by atoms with van der Waals surface area (Å²) in [6.45, 7) is 1.52. The standard InChI is InChI=1S/C11H7Cl2NO/c1-6(15)7-2-3-9-8(4-7)5-10(12)14-11(9)13/h2-5H,1H3. The second-order valence-corrected chi connectivity index (χ2v) is 3.97. The summed E-state index contributed by atoms with van der Waals surface area (Å²) in [5.74, 6) is 0.0148. The molecular weight excluding hydrogens is 233 g/mol. The topological polar surface area (TPSA) is 30.0 Å². The first-order chi connectivity index (χ1) is 7.08. The van der Waals surface area contributed by atoms with Crippen molar-refractivity contribution < 1.29 is 4.79 Å². The number of carbonyl (C=O) groups excluding carboxylic acids is 1. The van der Waals surface area contributed by atoms with Crippen LogP contribution in [-0.2, 0) is 0 Å². The highest BCUT2D eigenvalue weighted by atomic mass is 35.5. The normalized spacial score (nSPS) is 10.6. The van der Waals surface area contributed by atoms with Crippen molar-refractivity contribution in [1.82, 2.24) is 4.98 Å². The van der Waals surface area contributed by atoms with E-state index in [1.54, 1.807) is 24.3 Å². The molecular formula is C11H7Cl2NO. The molecule has 1 aromatic heterocycles. The zero-order valence-electron chi connectivity index (χ0n) is 7.92. The maximum atomic E-state index is 11.2. The number of fused-ring (bicyclic) bond motifs is 1. The Morgan fingerprint density at radius 1 is 1.27 bits per heavy atom. The lowest BCUT2D eigenvalue weighted by Gasteiger charge is -2.02. The van der Waals surface area contributed by atoms with Crippen molar-refractivity contribution in [2.45, 2.75) is 6.92 Å². The van der Waals surface area contributed by atoms with E-state index in [1.807, 2.05) is 0 Å². The lowest BCUT2D eigenvalue weighted by atomic mass is 10.1. The molecule has 76 valence electrons. The summed E-state index contributed by atoms with van der Waals surface area (Å²) in [6.07, 6.45) is 0. The fraction of sp³-hybridized carbons (Fsp3) is 0.0909. The van der Waals surface area contributed by atoms with Gasteiger partial charge in [-0.1, -0.05) is 35.3 Å². The number of hydrogen-bond acceptors (Lipinski definition) is 2. The molecule has 0 spiro atoms. The smallest absolute Gasteiger partial charge is 0.159 e. The van der Waals surface area contributed by atoms with E-state index >= 15 is 0 Å². The molecule has 0 aliphatic rings. The summed E-state index contributed by atoms with van der Waals surface area (Å²) in [5, 5.41) is 2.31. The van der Waals surface area contributed by atoms with Gasteiger partial charge in [-0.05, 0) is 24.4 Å². The van der Waals surface area contributed by atoms with Crippen molar-refractivity contribution in [3.8, 4) is 0 Å². The number of carbonyl (C=O) groups is 1. The van der Waals surface area contributed by atoms with Crippen LogP contribution >= 0.6 is 23.2 Å². The molecule has 4 heteroatoms. The monoisotopic (exact) mass is 239 g/mol. The Kier molecular flexibility index (Phi) is 2.63. The van der Waals surface area contributed by atoms with Gasteiger partial charge in [0.05, 0.1) is 0 Å². The first kappa shape index (κ1) is 10.4. The maximum Gasteiger partial charge on any atom is 0.159 e. The Morgan fingerprint density at radius 3 is 2.67 bits per heavy atom. The fourth-order valence-electron chi connectivity index (χ4n) is 1.40. The molecule has 0 aliphatic carbocycles. The number of rotatable bonds is 1. The van der Waals surface area contributed by atoms with Crippen LogP contribution < -0.4 is 0 Å². The first-order valence-corrected chi connectivity index (χ1v) is 5.10. The van der Waals surface area contributed by atoms with Crippen LogP contribution in [0.25, 0.3) is 10.8 Å². The van der Waals surface area contributed by atoms with E-state index in [0.717, 1.165) is 10.8 Å². The van der Waals surface area contributed by atoms with Gasteiger partial charge in [-0.25, -0.2) is 4.98 Å². The molecule has 0 aliphatic heterocycles. The van der Waals surface area contributed by atoms with Crippen molar-refractivity contribution in [1.29, 1.82) is 0 Å². The minimum atomic E-state index is 0.0148. The van der Waals surface area contributed by atoms with Gasteiger partial charge in [-0.3, -0.25) is 4.79 Å². The Hall–Kier alpha value is -1.12. The predicted molar refractivity (Wildman–Crippen MR) is 61.8 cm³/mol. The van der Waals surface area contributed by atoms with Gasteiger partial charge in [0, 0.05) is 10.9 Å². The van der Waals surface area contributed by atoms with Crippen molar-refractivity contribution in [3.05, 3.63) is 40.1 Å². The van der Waals surface area contributed by atoms with Crippen LogP contribution in [0, 0.1) is 0 Å². The number of ketones is 1. The molecule has 2 rings (SSSR count). The minimum Gasteiger partial charge on any atom is -0.295 e. The van der Waals surface area contributed by atoms with Gasteiger partial charge in [0.2, 0.25) is 0 Å². The number of pyridine rings is 1. The highest BCUT2D eigenvalue weighted by Gasteiger charge is 2.05. The van der Waals surface area contributed by atoms with Crippen LogP contribution in [0.1, 0.15) is 17.3 Å². The summed E-state index contributed by atoms with van der Waals surface area (Å²) >= 11 is 11.7. The van der Waals surface area contributed by atoms with E-state index < -0.39 is 0 Å². The summed E-state index contributed by atoms with van der Waals surface area (Å²) in [7, 11) is 0. The van der Waals surface area contributed by atoms with Gasteiger partial charge in [0.1, 0.15) is 10.3 Å². The number of benzene rings is 1. The average Bonchev–Trinajstić information content (AvgIpc) is 2.16. The molecule has 0 bridgehead atoms. The molecule has 0 saturated carbocycles. The number of hydrogen-bond donors (Lipinski definition) is 0. The quantitative estimate of drug-likeness (QED) is 0.561. The lowest BCUT2D eigenvalue weighted by Crippen LogP contribution is -1.91. The predicted octanol–water partition coefficient (Wildman–Crippen LogP) is 3.74. The minimum absolute atomic E-state index is 0.0148. The third-order valence-corrected chi connectivity index (χ3v) is 2.64. The van der Waals surface area contributed by atoms with Gasteiger partial charge in [0.15, 0.2) is 5.78 Å². The molecule has 0 amide bonds. The van der Waals surface area contributed by atoms with Crippen LogP contribution in [-0.4, -0.2) is 10.8 Å². The number of aromatic nitrogens is 1. The molecule has 15 heavy (non-hydrogen) atoms. The number of halogens is 2. The second-order valence-electron chi connectivity index (χ2n) is 3.23. The highest BCUT2D eigenvalue weighted by Crippen LogP contribution is 2.25. The molecule has 0 unspecified atom stereocenters. The zero-order chi connectivity index (χ0) is 11.0. The van der Waals surface area contributed by atoms with Crippen LogP contribution in [0.3, 0.4) is 0 Å². The van der Waals surface area contributed by atoms with E-state index in [4.69, 9.17) is 23.2 Å². The van der Waals surface area contributed by atoms with E-state index in [2.05, 4.69) is 4.98 Å². The number of nitrogens with zero attached hydrogens (tertiary/aromatic N) is 1. The third kappa shape index (κ3) is 1.96. The van der Waals surface area contributed by atoms with Crippen molar-refractivity contribution >= 4 is 39.8 Å². The first-order valence-electron chi connectivity index (χ1n) is 4.34. The molecule has 1 aromatic carbocycles. The van der Waals surface area contributed by atoms with Crippen LogP contribution in [0.2, 0.25) is 10.3 Å². The van der Waals surface area contributed by atoms with E-state index in [1.165, 1.54) is 6.92 Å². The lowest BCUT2D eigenvalue weighted by molar-refractivity contribution is 0.101. The van der Waals surface area contributed by atoms with Gasteiger partial charge in [-0.2, -0.15) is 0 Å². The highest BCUT2D eigenvalue weighted by molar-refractivity contribution is 6.36. The Morgan fingerprint density at radius 2 is 2.00 bits per heavy atom. The molecule has 0 atom stereocenters. The fourth-order valence-corrected chi connectivity index (χ4v) is 1.91. The summed E-state index contributed by atoms with van der Waals surface area (Å²) in [6, 6.07) is 6.95. The molecule has 2 nitrogen and oxygen atoms in total. The van der Waals surface area contributed by atoms with Crippen molar-refractivity contribution in [3.63, 3.8) is 0 Å². The molecule has 0 saturated heterocycles. The molecule has 0 N–H and O–H groups in total. The second kappa shape index (κ2) is 3.80. The van der Waals surface area contributed by atoms with Crippen molar-refractivity contribution in [2.75, 3.05) is 0 Å². The van der Waals surface area contributed by atoms with Crippen LogP contribution in [0.4, 0.5) is 0 Å². The van der Waals surface area contributed by atoms with Crippen LogP contribution in [0.15, 0.2) is 24.3 Å². The Balaban J connectivity index is 2.76. The Labute approximate surface area is 96.8 Å². The Bertz CT molecular complexity index is 552. The molecule has 0 fully saturated rings. The summed E-state index contributed by atoms with van der Waals surface area (Å²) in [4.78, 5) is 15.1. The molecule has 0 radical (unpaired) electrons. The third-order valence-electron chi connectivity index (χ3n) is 2.16. The van der Waals surface area contributed by atoms with Gasteiger partial charge < -0.3 is 0 Å². The van der Waals surface area contributed by atoms with E-state index in [9.17, 15) is 4.79 Å². The van der Waals surface area contributed by atoms with Gasteiger partial charge in [-0.15, -0.1) is 0 Å².